The highest BCUT2D eigenvalue weighted by Gasteiger charge is 2.33. The number of amides is 4. The fourth-order valence-electron chi connectivity index (χ4n) is 4.61. The van der Waals surface area contributed by atoms with E-state index < -0.39 is 5.25 Å². The first-order valence-electron chi connectivity index (χ1n) is 12.5. The van der Waals surface area contributed by atoms with Crippen molar-refractivity contribution in [2.45, 2.75) is 56.6 Å². The average Bonchev–Trinajstić information content (AvgIpc) is 3.53. The largest absolute Gasteiger partial charge is 0.354 e. The molecule has 2 heterocycles. The second-order valence-electron chi connectivity index (χ2n) is 9.24. The smallest absolute Gasteiger partial charge is 0.262 e. The molecule has 0 aromatic heterocycles. The summed E-state index contributed by atoms with van der Waals surface area (Å²) in [5.74, 6) is -0.578. The molecular formula is C25H33N5O4S. The van der Waals surface area contributed by atoms with Crippen molar-refractivity contribution in [1.29, 1.82) is 0 Å². The summed E-state index contributed by atoms with van der Waals surface area (Å²) >= 11 is 1.37. The fraction of sp³-hybridized carbons (Fsp3) is 0.560. The Labute approximate surface area is 209 Å². The molecule has 188 valence electrons. The van der Waals surface area contributed by atoms with Crippen molar-refractivity contribution in [3.05, 3.63) is 29.8 Å². The van der Waals surface area contributed by atoms with Gasteiger partial charge in [-0.25, -0.2) is 0 Å². The third kappa shape index (κ3) is 7.06. The Bertz CT molecular complexity index is 969. The summed E-state index contributed by atoms with van der Waals surface area (Å²) in [7, 11) is 0. The Hall–Kier alpha value is -2.88. The third-order valence-corrected chi connectivity index (χ3v) is 7.81. The quantitative estimate of drug-likeness (QED) is 0.473. The topological polar surface area (TPSA) is 120 Å². The molecule has 3 N–H and O–H groups in total. The maximum atomic E-state index is 12.4. The van der Waals surface area contributed by atoms with Gasteiger partial charge in [-0.2, -0.15) is 4.99 Å². The van der Waals surface area contributed by atoms with Crippen LogP contribution < -0.4 is 16.0 Å². The van der Waals surface area contributed by atoms with Gasteiger partial charge in [0.25, 0.3) is 11.8 Å². The third-order valence-electron chi connectivity index (χ3n) is 6.59. The lowest BCUT2D eigenvalue weighted by Gasteiger charge is -2.20. The van der Waals surface area contributed by atoms with Gasteiger partial charge in [0.05, 0.1) is 0 Å². The number of thioether (sulfide) groups is 1. The molecule has 2 fully saturated rings. The highest BCUT2D eigenvalue weighted by Crippen LogP contribution is 2.29. The van der Waals surface area contributed by atoms with E-state index in [-0.39, 0.29) is 36.0 Å². The Balaban J connectivity index is 1.16. The minimum Gasteiger partial charge on any atom is -0.354 e. The van der Waals surface area contributed by atoms with Crippen molar-refractivity contribution in [2.75, 3.05) is 31.5 Å². The van der Waals surface area contributed by atoms with E-state index in [1.54, 1.807) is 24.3 Å². The number of anilines is 1. The second kappa shape index (κ2) is 12.2. The maximum absolute atomic E-state index is 12.4. The normalized spacial score (nSPS) is 20.5. The van der Waals surface area contributed by atoms with Crippen LogP contribution in [0.5, 0.6) is 0 Å². The number of nitrogens with one attached hydrogen (secondary N) is 3. The molecule has 0 radical (unpaired) electrons. The number of carbonyl (C=O) groups is 4. The molecule has 4 rings (SSSR count). The Morgan fingerprint density at radius 2 is 1.63 bits per heavy atom. The lowest BCUT2D eigenvalue weighted by atomic mass is 9.89. The molecule has 1 saturated carbocycles. The van der Waals surface area contributed by atoms with Crippen LogP contribution in [-0.4, -0.2) is 65.1 Å². The van der Waals surface area contributed by atoms with Gasteiger partial charge in [0.15, 0.2) is 5.17 Å². The van der Waals surface area contributed by atoms with Gasteiger partial charge in [-0.1, -0.05) is 31.0 Å². The molecule has 1 aromatic rings. The number of aliphatic imine (C=N–C) groups is 1. The molecule has 10 heteroatoms. The lowest BCUT2D eigenvalue weighted by molar-refractivity contribution is -0.125. The zero-order valence-corrected chi connectivity index (χ0v) is 20.7. The molecule has 1 saturated heterocycles. The first kappa shape index (κ1) is 25.2. The van der Waals surface area contributed by atoms with Crippen LogP contribution >= 0.6 is 11.8 Å². The monoisotopic (exact) mass is 499 g/mol. The fourth-order valence-corrected chi connectivity index (χ4v) is 5.73. The SMILES string of the molecule is O=C(CC1SC(N2CCCC2)=NC1=O)Nc1ccc(C(=O)NCCNC(=O)C2CCCCC2)cc1. The molecule has 3 aliphatic rings. The van der Waals surface area contributed by atoms with Crippen molar-refractivity contribution in [1.82, 2.24) is 15.5 Å². The summed E-state index contributed by atoms with van der Waals surface area (Å²) in [6.45, 7) is 2.57. The van der Waals surface area contributed by atoms with Gasteiger partial charge >= 0.3 is 0 Å². The van der Waals surface area contributed by atoms with Gasteiger partial charge in [0.2, 0.25) is 11.8 Å². The first-order chi connectivity index (χ1) is 17.0. The van der Waals surface area contributed by atoms with Crippen LogP contribution in [0.2, 0.25) is 0 Å². The Morgan fingerprint density at radius 3 is 2.34 bits per heavy atom. The minimum absolute atomic E-state index is 0.0547. The van der Waals surface area contributed by atoms with Crippen molar-refractivity contribution in [2.24, 2.45) is 10.9 Å². The Kier molecular flexibility index (Phi) is 8.79. The predicted octanol–water partition coefficient (Wildman–Crippen LogP) is 2.54. The standard InChI is InChI=1S/C25H33N5O4S/c31-21(16-20-24(34)29-25(35-20)30-14-4-5-15-30)28-19-10-8-18(9-11-19)23(33)27-13-12-26-22(32)17-6-2-1-3-7-17/h8-11,17,20H,1-7,12-16H2,(H,26,32)(H,27,33)(H,28,31). The molecule has 1 atom stereocenters. The van der Waals surface area contributed by atoms with Crippen molar-refractivity contribution in [3.8, 4) is 0 Å². The van der Waals surface area contributed by atoms with Gasteiger partial charge in [-0.05, 0) is 49.9 Å². The summed E-state index contributed by atoms with van der Waals surface area (Å²) < 4.78 is 0. The van der Waals surface area contributed by atoms with Crippen molar-refractivity contribution < 1.29 is 19.2 Å². The first-order valence-corrected chi connectivity index (χ1v) is 13.4. The number of amidine groups is 1. The van der Waals surface area contributed by atoms with Crippen LogP contribution in [-0.2, 0) is 14.4 Å². The summed E-state index contributed by atoms with van der Waals surface area (Å²) in [5, 5.41) is 8.73. The summed E-state index contributed by atoms with van der Waals surface area (Å²) in [4.78, 5) is 55.4. The molecule has 1 unspecified atom stereocenters. The van der Waals surface area contributed by atoms with Gasteiger partial charge < -0.3 is 20.9 Å². The van der Waals surface area contributed by atoms with Gasteiger partial charge in [-0.15, -0.1) is 0 Å². The number of hydrogen-bond acceptors (Lipinski definition) is 6. The van der Waals surface area contributed by atoms with Crippen LogP contribution in [0, 0.1) is 5.92 Å². The highest BCUT2D eigenvalue weighted by molar-refractivity contribution is 8.15. The van der Waals surface area contributed by atoms with E-state index >= 15 is 0 Å². The van der Waals surface area contributed by atoms with Crippen LogP contribution in [0.15, 0.2) is 29.3 Å². The molecule has 1 aliphatic carbocycles. The molecule has 1 aromatic carbocycles. The summed E-state index contributed by atoms with van der Waals surface area (Å²) in [6, 6.07) is 6.59. The van der Waals surface area contributed by atoms with E-state index in [0.29, 0.717) is 24.3 Å². The number of nitrogens with zero attached hydrogens (tertiary/aromatic N) is 2. The predicted molar refractivity (Wildman–Crippen MR) is 136 cm³/mol. The van der Waals surface area contributed by atoms with Crippen LogP contribution in [0.3, 0.4) is 0 Å². The van der Waals surface area contributed by atoms with Crippen molar-refractivity contribution >= 4 is 46.2 Å². The van der Waals surface area contributed by atoms with E-state index in [0.717, 1.165) is 56.8 Å². The van der Waals surface area contributed by atoms with Gasteiger partial charge in [0.1, 0.15) is 5.25 Å². The second-order valence-corrected chi connectivity index (χ2v) is 10.4. The molecule has 0 spiro atoms. The highest BCUT2D eigenvalue weighted by atomic mass is 32.2. The van der Waals surface area contributed by atoms with Gasteiger partial charge in [0, 0.05) is 49.8 Å². The zero-order chi connectivity index (χ0) is 24.6. The van der Waals surface area contributed by atoms with E-state index in [9.17, 15) is 19.2 Å². The lowest BCUT2D eigenvalue weighted by Crippen LogP contribution is -2.38. The Morgan fingerprint density at radius 1 is 0.943 bits per heavy atom. The number of rotatable bonds is 8. The summed E-state index contributed by atoms with van der Waals surface area (Å²) in [5.41, 5.74) is 1.02. The number of likely N-dealkylation sites (tertiary alicyclic amines) is 1. The molecule has 2 aliphatic heterocycles. The van der Waals surface area contributed by atoms with Crippen molar-refractivity contribution in [3.63, 3.8) is 0 Å². The van der Waals surface area contributed by atoms with Crippen LogP contribution in [0.4, 0.5) is 5.69 Å². The van der Waals surface area contributed by atoms with Crippen LogP contribution in [0.25, 0.3) is 0 Å². The van der Waals surface area contributed by atoms with E-state index in [2.05, 4.69) is 25.8 Å². The maximum Gasteiger partial charge on any atom is 0.262 e. The molecule has 35 heavy (non-hydrogen) atoms. The number of benzene rings is 1. The van der Waals surface area contributed by atoms with Gasteiger partial charge in [-0.3, -0.25) is 19.2 Å². The number of hydrogen-bond donors (Lipinski definition) is 3. The number of carbonyl (C=O) groups excluding carboxylic acids is 4. The van der Waals surface area contributed by atoms with Crippen LogP contribution in [0.1, 0.15) is 61.7 Å². The van der Waals surface area contributed by atoms with E-state index in [4.69, 9.17) is 0 Å². The minimum atomic E-state index is -0.491. The molecule has 9 nitrogen and oxygen atoms in total. The summed E-state index contributed by atoms with van der Waals surface area (Å²) in [6.07, 6.45) is 7.58. The van der Waals surface area contributed by atoms with E-state index in [1.165, 1.54) is 18.2 Å². The molecular weight excluding hydrogens is 466 g/mol. The average molecular weight is 500 g/mol. The van der Waals surface area contributed by atoms with E-state index in [1.807, 2.05) is 0 Å². The zero-order valence-electron chi connectivity index (χ0n) is 19.9. The molecule has 4 amide bonds. The molecule has 0 bridgehead atoms.